The zero-order chi connectivity index (χ0) is 24.0. The van der Waals surface area contributed by atoms with Gasteiger partial charge in [0.05, 0.1) is 0 Å². The van der Waals surface area contributed by atoms with Crippen LogP contribution in [0.25, 0.3) is 22.6 Å². The second-order valence-electron chi connectivity index (χ2n) is 7.40. The summed E-state index contributed by atoms with van der Waals surface area (Å²) in [5.74, 6) is 2.90. The number of rotatable bonds is 6. The van der Waals surface area contributed by atoms with E-state index >= 15 is 0 Å². The summed E-state index contributed by atoms with van der Waals surface area (Å²) in [6, 6.07) is 22.0. The van der Waals surface area contributed by atoms with Gasteiger partial charge in [-0.15, -0.1) is 0 Å². The van der Waals surface area contributed by atoms with Crippen LogP contribution >= 0.6 is 0 Å². The first-order valence-corrected chi connectivity index (χ1v) is 10.7. The average molecular weight is 461 g/mol. The number of hydrogen-bond donors (Lipinski definition) is 2. The standard InChI is InChI=1S/C26H20N8O/c27-25(19-5-1-3-13-29-19)33-23-11-7-17(15-31-23)21-9-10-22(35-21)18-8-12-24(32-16-18)34-26(28)20-6-2-4-14-30-20/h1-16H,(H2,27,31,33)(H2,28,32,34). The SMILES string of the molecule is NC(=Nc1ccc(-c2ccc(-c3ccc(N=C(N)c4ccccn4)nc3)o2)cn1)c1ccccn1. The van der Waals surface area contributed by atoms with Crippen molar-refractivity contribution in [1.82, 2.24) is 19.9 Å². The molecule has 9 heteroatoms. The van der Waals surface area contributed by atoms with E-state index in [1.54, 1.807) is 49.1 Å². The smallest absolute Gasteiger partial charge is 0.154 e. The zero-order valence-electron chi connectivity index (χ0n) is 18.5. The number of aromatic nitrogens is 4. The molecule has 0 spiro atoms. The lowest BCUT2D eigenvalue weighted by Crippen LogP contribution is -2.14. The van der Waals surface area contributed by atoms with Crippen LogP contribution in [0.5, 0.6) is 0 Å². The molecule has 0 aromatic carbocycles. The highest BCUT2D eigenvalue weighted by atomic mass is 16.3. The topological polar surface area (TPSA) is 141 Å². The Morgan fingerprint density at radius 1 is 0.571 bits per heavy atom. The van der Waals surface area contributed by atoms with E-state index in [4.69, 9.17) is 15.9 Å². The van der Waals surface area contributed by atoms with Crippen molar-refractivity contribution in [2.45, 2.75) is 0 Å². The molecular formula is C26H20N8O. The normalized spacial score (nSPS) is 12.0. The van der Waals surface area contributed by atoms with Crippen molar-refractivity contribution < 1.29 is 4.42 Å². The van der Waals surface area contributed by atoms with E-state index in [0.29, 0.717) is 46.2 Å². The third-order valence-corrected chi connectivity index (χ3v) is 5.00. The van der Waals surface area contributed by atoms with E-state index in [9.17, 15) is 0 Å². The first kappa shape index (κ1) is 21.7. The van der Waals surface area contributed by atoms with E-state index in [1.165, 1.54) is 0 Å². The van der Waals surface area contributed by atoms with E-state index in [2.05, 4.69) is 29.9 Å². The Labute approximate surface area is 201 Å². The van der Waals surface area contributed by atoms with E-state index in [0.717, 1.165) is 11.1 Å². The molecule has 0 atom stereocenters. The van der Waals surface area contributed by atoms with E-state index in [1.807, 2.05) is 48.5 Å². The van der Waals surface area contributed by atoms with Gasteiger partial charge in [0.1, 0.15) is 22.9 Å². The maximum absolute atomic E-state index is 6.02. The summed E-state index contributed by atoms with van der Waals surface area (Å²) >= 11 is 0. The molecule has 4 N–H and O–H groups in total. The molecular weight excluding hydrogens is 440 g/mol. The van der Waals surface area contributed by atoms with Gasteiger partial charge in [0.2, 0.25) is 0 Å². The molecule has 0 radical (unpaired) electrons. The van der Waals surface area contributed by atoms with Crippen molar-refractivity contribution in [3.8, 4) is 22.6 Å². The fourth-order valence-corrected chi connectivity index (χ4v) is 3.23. The fraction of sp³-hybridized carbons (Fsp3) is 0. The van der Waals surface area contributed by atoms with Crippen LogP contribution in [-0.4, -0.2) is 31.6 Å². The summed E-state index contributed by atoms with van der Waals surface area (Å²) in [5.41, 5.74) is 14.8. The van der Waals surface area contributed by atoms with Crippen molar-refractivity contribution in [2.75, 3.05) is 0 Å². The number of furan rings is 1. The molecule has 0 bridgehead atoms. The van der Waals surface area contributed by atoms with Crippen LogP contribution < -0.4 is 11.5 Å². The Bertz CT molecular complexity index is 1360. The molecule has 5 rings (SSSR count). The van der Waals surface area contributed by atoms with Crippen molar-refractivity contribution in [2.24, 2.45) is 21.5 Å². The molecule has 0 saturated heterocycles. The third-order valence-electron chi connectivity index (χ3n) is 5.00. The first-order chi connectivity index (χ1) is 17.2. The summed E-state index contributed by atoms with van der Waals surface area (Å²) in [6.07, 6.45) is 6.70. The van der Waals surface area contributed by atoms with Crippen LogP contribution in [0.15, 0.2) is 112 Å². The van der Waals surface area contributed by atoms with E-state index < -0.39 is 0 Å². The second kappa shape index (κ2) is 9.75. The lowest BCUT2D eigenvalue weighted by Gasteiger charge is -2.02. The second-order valence-corrected chi connectivity index (χ2v) is 7.40. The summed E-state index contributed by atoms with van der Waals surface area (Å²) in [5, 5.41) is 0. The zero-order valence-corrected chi connectivity index (χ0v) is 18.5. The van der Waals surface area contributed by atoms with Gasteiger partial charge in [0, 0.05) is 35.9 Å². The molecule has 0 fully saturated rings. The summed E-state index contributed by atoms with van der Waals surface area (Å²) in [7, 11) is 0. The van der Waals surface area contributed by atoms with Gasteiger partial charge in [0.25, 0.3) is 0 Å². The third kappa shape index (κ3) is 5.09. The van der Waals surface area contributed by atoms with Crippen LogP contribution in [0.2, 0.25) is 0 Å². The van der Waals surface area contributed by atoms with Crippen molar-refractivity contribution >= 4 is 23.3 Å². The monoisotopic (exact) mass is 460 g/mol. The first-order valence-electron chi connectivity index (χ1n) is 10.7. The molecule has 0 amide bonds. The molecule has 170 valence electrons. The molecule has 9 nitrogen and oxygen atoms in total. The van der Waals surface area contributed by atoms with Gasteiger partial charge in [-0.2, -0.15) is 0 Å². The minimum atomic E-state index is 0.299. The molecule has 35 heavy (non-hydrogen) atoms. The molecule has 0 aliphatic carbocycles. The number of pyridine rings is 4. The number of amidine groups is 2. The number of nitrogens with two attached hydrogens (primary N) is 2. The van der Waals surface area contributed by atoms with Crippen LogP contribution in [0.3, 0.4) is 0 Å². The molecule has 0 aliphatic heterocycles. The van der Waals surface area contributed by atoms with Crippen LogP contribution in [0.4, 0.5) is 11.6 Å². The highest BCUT2D eigenvalue weighted by Crippen LogP contribution is 2.29. The molecule has 0 aliphatic rings. The van der Waals surface area contributed by atoms with Gasteiger partial charge in [-0.1, -0.05) is 12.1 Å². The number of nitrogens with zero attached hydrogens (tertiary/aromatic N) is 6. The largest absolute Gasteiger partial charge is 0.456 e. The summed E-state index contributed by atoms with van der Waals surface area (Å²) in [4.78, 5) is 25.8. The van der Waals surface area contributed by atoms with Crippen LogP contribution in [0.1, 0.15) is 11.4 Å². The Morgan fingerprint density at radius 3 is 1.43 bits per heavy atom. The van der Waals surface area contributed by atoms with Gasteiger partial charge in [-0.3, -0.25) is 9.97 Å². The van der Waals surface area contributed by atoms with Crippen molar-refractivity contribution in [1.29, 1.82) is 0 Å². The average Bonchev–Trinajstić information content (AvgIpc) is 3.41. The maximum Gasteiger partial charge on any atom is 0.154 e. The van der Waals surface area contributed by atoms with Gasteiger partial charge in [-0.25, -0.2) is 20.0 Å². The van der Waals surface area contributed by atoms with Gasteiger partial charge >= 0.3 is 0 Å². The van der Waals surface area contributed by atoms with Gasteiger partial charge in [0.15, 0.2) is 23.3 Å². The van der Waals surface area contributed by atoms with E-state index in [-0.39, 0.29) is 0 Å². The van der Waals surface area contributed by atoms with Gasteiger partial charge < -0.3 is 15.9 Å². The van der Waals surface area contributed by atoms with Crippen molar-refractivity contribution in [3.05, 3.63) is 109 Å². The highest BCUT2D eigenvalue weighted by molar-refractivity contribution is 5.97. The Kier molecular flexibility index (Phi) is 6.03. The van der Waals surface area contributed by atoms with Crippen LogP contribution in [0, 0.1) is 0 Å². The maximum atomic E-state index is 6.02. The number of hydrogen-bond acceptors (Lipinski definition) is 7. The number of aliphatic imine (C=N–C) groups is 2. The highest BCUT2D eigenvalue weighted by Gasteiger charge is 2.09. The Morgan fingerprint density at radius 2 is 1.06 bits per heavy atom. The molecule has 5 heterocycles. The Balaban J connectivity index is 1.30. The minimum Gasteiger partial charge on any atom is -0.456 e. The molecule has 5 aromatic heterocycles. The molecule has 5 aromatic rings. The lowest BCUT2D eigenvalue weighted by molar-refractivity contribution is 0.597. The minimum absolute atomic E-state index is 0.299. The van der Waals surface area contributed by atoms with Crippen LogP contribution in [-0.2, 0) is 0 Å². The predicted octanol–water partition coefficient (Wildman–Crippen LogP) is 4.27. The lowest BCUT2D eigenvalue weighted by atomic mass is 10.2. The molecule has 0 unspecified atom stereocenters. The van der Waals surface area contributed by atoms with Gasteiger partial charge in [-0.05, 0) is 60.7 Å². The Hall–Kier alpha value is -5.18. The quantitative estimate of drug-likeness (QED) is 0.285. The summed E-state index contributed by atoms with van der Waals surface area (Å²) in [6.45, 7) is 0. The summed E-state index contributed by atoms with van der Waals surface area (Å²) < 4.78 is 6.02. The predicted molar refractivity (Wildman–Crippen MR) is 134 cm³/mol. The molecule has 0 saturated carbocycles. The van der Waals surface area contributed by atoms with Crippen molar-refractivity contribution in [3.63, 3.8) is 0 Å². The fourth-order valence-electron chi connectivity index (χ4n) is 3.23.